The van der Waals surface area contributed by atoms with Gasteiger partial charge >= 0.3 is 11.9 Å². The van der Waals surface area contributed by atoms with Crippen LogP contribution in [0, 0.1) is 0 Å². The summed E-state index contributed by atoms with van der Waals surface area (Å²) in [6.07, 6.45) is 0. The van der Waals surface area contributed by atoms with E-state index in [1.165, 1.54) is 11.8 Å². The van der Waals surface area contributed by atoms with Crippen LogP contribution >= 0.6 is 11.8 Å². The third-order valence-electron chi connectivity index (χ3n) is 2.62. The second kappa shape index (κ2) is 8.09. The zero-order valence-corrected chi connectivity index (χ0v) is 12.8. The summed E-state index contributed by atoms with van der Waals surface area (Å²) in [7, 11) is 0. The molecule has 120 valence electrons. The first-order valence-corrected chi connectivity index (χ1v) is 7.43. The minimum Gasteiger partial charge on any atom is -0.481 e. The summed E-state index contributed by atoms with van der Waals surface area (Å²) in [5.41, 5.74) is 0. The Kier molecular flexibility index (Phi) is 5.87. The van der Waals surface area contributed by atoms with Gasteiger partial charge in [-0.3, -0.25) is 0 Å². The zero-order chi connectivity index (χ0) is 16.7. The van der Waals surface area contributed by atoms with Gasteiger partial charge in [0, 0.05) is 0 Å². The number of rotatable bonds is 8. The van der Waals surface area contributed by atoms with Crippen LogP contribution in [0.3, 0.4) is 0 Å². The number of carboxylic acids is 2. The van der Waals surface area contributed by atoms with E-state index in [9.17, 15) is 9.59 Å². The number of ether oxygens (including phenoxy) is 2. The van der Waals surface area contributed by atoms with E-state index in [0.29, 0.717) is 21.3 Å². The van der Waals surface area contributed by atoms with Gasteiger partial charge in [0.15, 0.2) is 13.2 Å². The van der Waals surface area contributed by atoms with Crippen LogP contribution in [0.2, 0.25) is 0 Å². The fourth-order valence-corrected chi connectivity index (χ4v) is 2.69. The molecule has 2 rings (SSSR count). The van der Waals surface area contributed by atoms with E-state index >= 15 is 0 Å². The summed E-state index contributed by atoms with van der Waals surface area (Å²) in [5, 5.41) is 17.4. The lowest BCUT2D eigenvalue weighted by molar-refractivity contribution is -0.140. The Morgan fingerprint density at radius 1 is 0.783 bits per heavy atom. The van der Waals surface area contributed by atoms with Gasteiger partial charge in [-0.15, -0.1) is 0 Å². The van der Waals surface area contributed by atoms with Crippen LogP contribution < -0.4 is 9.47 Å². The van der Waals surface area contributed by atoms with Crippen LogP contribution in [-0.2, 0) is 9.59 Å². The molecule has 7 heteroatoms. The molecule has 0 aromatic heterocycles. The number of para-hydroxylation sites is 2. The number of hydrogen-bond acceptors (Lipinski definition) is 5. The Bertz CT molecular complexity index is 641. The molecule has 0 bridgehead atoms. The summed E-state index contributed by atoms with van der Waals surface area (Å²) in [6.45, 7) is -0.872. The maximum atomic E-state index is 10.6. The van der Waals surface area contributed by atoms with Gasteiger partial charge < -0.3 is 19.7 Å². The Hall–Kier alpha value is -2.67. The molecule has 23 heavy (non-hydrogen) atoms. The van der Waals surface area contributed by atoms with Crippen LogP contribution in [0.5, 0.6) is 11.5 Å². The van der Waals surface area contributed by atoms with E-state index in [-0.39, 0.29) is 0 Å². The molecule has 0 aliphatic rings. The fraction of sp³-hybridized carbons (Fsp3) is 0.125. The summed E-state index contributed by atoms with van der Waals surface area (Å²) >= 11 is 1.31. The van der Waals surface area contributed by atoms with Crippen molar-refractivity contribution < 1.29 is 29.3 Å². The highest BCUT2D eigenvalue weighted by Gasteiger charge is 2.11. The van der Waals surface area contributed by atoms with Crippen molar-refractivity contribution in [2.75, 3.05) is 13.2 Å². The number of aliphatic carboxylic acids is 2. The summed E-state index contributed by atoms with van der Waals surface area (Å²) in [6, 6.07) is 14.0. The van der Waals surface area contributed by atoms with Crippen LogP contribution in [0.4, 0.5) is 0 Å². The Morgan fingerprint density at radius 2 is 1.17 bits per heavy atom. The molecule has 6 nitrogen and oxygen atoms in total. The average molecular weight is 334 g/mol. The van der Waals surface area contributed by atoms with E-state index < -0.39 is 25.2 Å². The predicted octanol–water partition coefficient (Wildman–Crippen LogP) is 2.76. The van der Waals surface area contributed by atoms with Crippen LogP contribution in [0.1, 0.15) is 0 Å². The Morgan fingerprint density at radius 3 is 1.57 bits per heavy atom. The van der Waals surface area contributed by atoms with Gasteiger partial charge in [0.1, 0.15) is 11.5 Å². The second-order valence-electron chi connectivity index (χ2n) is 4.36. The first-order valence-electron chi connectivity index (χ1n) is 6.61. The van der Waals surface area contributed by atoms with Crippen molar-refractivity contribution in [3.8, 4) is 11.5 Å². The molecule has 0 aliphatic carbocycles. The molecule has 0 spiro atoms. The van der Waals surface area contributed by atoms with Crippen molar-refractivity contribution in [1.29, 1.82) is 0 Å². The average Bonchev–Trinajstić information content (AvgIpc) is 2.53. The fourth-order valence-electron chi connectivity index (χ4n) is 1.70. The van der Waals surface area contributed by atoms with Crippen molar-refractivity contribution in [2.45, 2.75) is 9.79 Å². The van der Waals surface area contributed by atoms with E-state index in [1.807, 2.05) is 0 Å². The quantitative estimate of drug-likeness (QED) is 0.766. The molecule has 0 amide bonds. The first kappa shape index (κ1) is 16.7. The standard InChI is InChI=1S/C16H14O6S/c17-15(18)9-21-11-5-1-3-7-13(11)23-14-8-4-2-6-12(14)22-10-16(19)20/h1-8H,9-10H2,(H,17,18)(H,19,20). The van der Waals surface area contributed by atoms with Gasteiger partial charge in [-0.2, -0.15) is 0 Å². The molecule has 0 fully saturated rings. The number of benzene rings is 2. The van der Waals surface area contributed by atoms with Gasteiger partial charge in [-0.1, -0.05) is 36.0 Å². The lowest BCUT2D eigenvalue weighted by Gasteiger charge is -2.12. The molecule has 2 aromatic carbocycles. The monoisotopic (exact) mass is 334 g/mol. The smallest absolute Gasteiger partial charge is 0.341 e. The van der Waals surface area contributed by atoms with Gasteiger partial charge in [0.2, 0.25) is 0 Å². The maximum absolute atomic E-state index is 10.6. The van der Waals surface area contributed by atoms with Crippen LogP contribution in [0.15, 0.2) is 58.3 Å². The third-order valence-corrected chi connectivity index (χ3v) is 3.73. The summed E-state index contributed by atoms with van der Waals surface area (Å²) < 4.78 is 10.5. The highest BCUT2D eigenvalue weighted by molar-refractivity contribution is 7.99. The molecule has 0 unspecified atom stereocenters. The zero-order valence-electron chi connectivity index (χ0n) is 12.0. The van der Waals surface area contributed by atoms with Crippen molar-refractivity contribution in [2.24, 2.45) is 0 Å². The topological polar surface area (TPSA) is 93.1 Å². The van der Waals surface area contributed by atoms with Gasteiger partial charge in [0.05, 0.1) is 9.79 Å². The second-order valence-corrected chi connectivity index (χ2v) is 5.44. The SMILES string of the molecule is O=C(O)COc1ccccc1Sc1ccccc1OCC(=O)O. The molecule has 0 radical (unpaired) electrons. The first-order chi connectivity index (χ1) is 11.1. The maximum Gasteiger partial charge on any atom is 0.341 e. The van der Waals surface area contributed by atoms with E-state index in [1.54, 1.807) is 48.5 Å². The third kappa shape index (κ3) is 5.23. The van der Waals surface area contributed by atoms with Gasteiger partial charge in [0.25, 0.3) is 0 Å². The summed E-state index contributed by atoms with van der Waals surface area (Å²) in [4.78, 5) is 22.7. The lowest BCUT2D eigenvalue weighted by atomic mass is 10.3. The minimum absolute atomic E-state index is 0.436. The molecule has 2 aromatic rings. The lowest BCUT2D eigenvalue weighted by Crippen LogP contribution is -2.10. The Labute approximate surface area is 136 Å². The van der Waals surface area contributed by atoms with E-state index in [2.05, 4.69) is 0 Å². The van der Waals surface area contributed by atoms with Crippen LogP contribution in [0.25, 0.3) is 0 Å². The van der Waals surface area contributed by atoms with Crippen molar-refractivity contribution >= 4 is 23.7 Å². The number of carbonyl (C=O) groups is 2. The molecule has 0 saturated carbocycles. The molecule has 0 atom stereocenters. The normalized spacial score (nSPS) is 10.1. The largest absolute Gasteiger partial charge is 0.481 e. The van der Waals surface area contributed by atoms with E-state index in [4.69, 9.17) is 19.7 Å². The molecular formula is C16H14O6S. The molecular weight excluding hydrogens is 320 g/mol. The molecule has 0 aliphatic heterocycles. The van der Waals surface area contributed by atoms with Gasteiger partial charge in [-0.25, -0.2) is 9.59 Å². The highest BCUT2D eigenvalue weighted by atomic mass is 32.2. The number of carboxylic acid groups (broad SMARTS) is 2. The summed E-state index contributed by atoms with van der Waals surface area (Å²) in [5.74, 6) is -1.24. The van der Waals surface area contributed by atoms with Gasteiger partial charge in [-0.05, 0) is 24.3 Å². The molecule has 0 heterocycles. The predicted molar refractivity (Wildman–Crippen MR) is 83.3 cm³/mol. The van der Waals surface area contributed by atoms with E-state index in [0.717, 1.165) is 0 Å². The molecule has 0 saturated heterocycles. The highest BCUT2D eigenvalue weighted by Crippen LogP contribution is 2.39. The molecule has 2 N–H and O–H groups in total. The number of hydrogen-bond donors (Lipinski definition) is 2. The van der Waals surface area contributed by atoms with Crippen LogP contribution in [-0.4, -0.2) is 35.4 Å². The minimum atomic E-state index is -1.06. The van der Waals surface area contributed by atoms with Crippen molar-refractivity contribution in [1.82, 2.24) is 0 Å². The van der Waals surface area contributed by atoms with Crippen molar-refractivity contribution in [3.05, 3.63) is 48.5 Å². The Balaban J connectivity index is 2.19. The van der Waals surface area contributed by atoms with Crippen molar-refractivity contribution in [3.63, 3.8) is 0 Å².